The molecule has 1 aliphatic rings. The summed E-state index contributed by atoms with van der Waals surface area (Å²) < 4.78 is 13.0. The Morgan fingerprint density at radius 1 is 1.22 bits per heavy atom. The van der Waals surface area contributed by atoms with E-state index in [0.29, 0.717) is 6.42 Å². The lowest BCUT2D eigenvalue weighted by Gasteiger charge is -2.19. The van der Waals surface area contributed by atoms with E-state index >= 15 is 0 Å². The van der Waals surface area contributed by atoms with E-state index in [1.165, 1.54) is 12.1 Å². The number of rotatable bonds is 3. The van der Waals surface area contributed by atoms with Crippen LogP contribution < -0.4 is 5.56 Å². The summed E-state index contributed by atoms with van der Waals surface area (Å²) >= 11 is 0. The van der Waals surface area contributed by atoms with E-state index in [1.54, 1.807) is 0 Å². The maximum absolute atomic E-state index is 13.0. The van der Waals surface area contributed by atoms with Crippen LogP contribution in [0.3, 0.4) is 0 Å². The lowest BCUT2D eigenvalue weighted by Crippen LogP contribution is -2.26. The largest absolute Gasteiger partial charge is 0.310 e. The topological polar surface area (TPSA) is 49.0 Å². The second kappa shape index (κ2) is 6.62. The molecule has 0 atom stereocenters. The molecule has 0 saturated carbocycles. The van der Waals surface area contributed by atoms with Crippen LogP contribution in [0, 0.1) is 5.82 Å². The Hall–Kier alpha value is -2.01. The molecule has 3 rings (SSSR count). The van der Waals surface area contributed by atoms with Crippen molar-refractivity contribution in [2.75, 3.05) is 13.1 Å². The predicted molar refractivity (Wildman–Crippen MR) is 88.0 cm³/mol. The maximum atomic E-state index is 13.0. The molecule has 2 heterocycles. The Kier molecular flexibility index (Phi) is 4.57. The average Bonchev–Trinajstić information content (AvgIpc) is 2.72. The molecule has 0 fully saturated rings. The Morgan fingerprint density at radius 3 is 2.61 bits per heavy atom. The van der Waals surface area contributed by atoms with Gasteiger partial charge in [0.1, 0.15) is 11.6 Å². The molecule has 0 bridgehead atoms. The van der Waals surface area contributed by atoms with Gasteiger partial charge in [0.25, 0.3) is 5.56 Å². The van der Waals surface area contributed by atoms with Gasteiger partial charge in [-0.15, -0.1) is 0 Å². The molecule has 4 nitrogen and oxygen atoms in total. The van der Waals surface area contributed by atoms with Crippen LogP contribution in [-0.4, -0.2) is 28.0 Å². The van der Waals surface area contributed by atoms with Crippen LogP contribution in [0.5, 0.6) is 0 Å². The standard InChI is InChI=1S/C18H22FN3O/c1-12(2)17-20-16-8-10-22(9-7-15(16)18(23)21-17)11-13-3-5-14(19)6-4-13/h3-6,12H,7-11H2,1-2H3,(H,20,21,23). The van der Waals surface area contributed by atoms with Gasteiger partial charge >= 0.3 is 0 Å². The van der Waals surface area contributed by atoms with E-state index in [0.717, 1.165) is 48.7 Å². The molecule has 1 aliphatic heterocycles. The molecule has 1 N–H and O–H groups in total. The lowest BCUT2D eigenvalue weighted by atomic mass is 10.1. The summed E-state index contributed by atoms with van der Waals surface area (Å²) in [5.74, 6) is 0.765. The highest BCUT2D eigenvalue weighted by atomic mass is 19.1. The van der Waals surface area contributed by atoms with Crippen LogP contribution in [0.15, 0.2) is 29.1 Å². The predicted octanol–water partition coefficient (Wildman–Crippen LogP) is 2.63. The molecular formula is C18H22FN3O. The smallest absolute Gasteiger partial charge is 0.254 e. The molecule has 0 amide bonds. The van der Waals surface area contributed by atoms with E-state index in [1.807, 2.05) is 26.0 Å². The van der Waals surface area contributed by atoms with Crippen molar-refractivity contribution in [3.8, 4) is 0 Å². The van der Waals surface area contributed by atoms with E-state index in [2.05, 4.69) is 14.9 Å². The highest BCUT2D eigenvalue weighted by molar-refractivity contribution is 5.22. The zero-order valence-corrected chi connectivity index (χ0v) is 13.6. The number of halogens is 1. The third kappa shape index (κ3) is 3.67. The van der Waals surface area contributed by atoms with Crippen molar-refractivity contribution in [2.45, 2.75) is 39.2 Å². The summed E-state index contributed by atoms with van der Waals surface area (Å²) in [6.45, 7) is 6.50. The first-order chi connectivity index (χ1) is 11.0. The first-order valence-corrected chi connectivity index (χ1v) is 8.11. The number of hydrogen-bond donors (Lipinski definition) is 1. The highest BCUT2D eigenvalue weighted by Gasteiger charge is 2.19. The number of hydrogen-bond acceptors (Lipinski definition) is 3. The van der Waals surface area contributed by atoms with Crippen molar-refractivity contribution in [3.63, 3.8) is 0 Å². The zero-order chi connectivity index (χ0) is 16.4. The fraction of sp³-hybridized carbons (Fsp3) is 0.444. The van der Waals surface area contributed by atoms with Crippen molar-refractivity contribution >= 4 is 0 Å². The minimum atomic E-state index is -0.214. The van der Waals surface area contributed by atoms with Gasteiger partial charge in [-0.2, -0.15) is 0 Å². The molecule has 23 heavy (non-hydrogen) atoms. The maximum Gasteiger partial charge on any atom is 0.254 e. The first kappa shape index (κ1) is 15.9. The van der Waals surface area contributed by atoms with Gasteiger partial charge < -0.3 is 4.98 Å². The number of aromatic nitrogens is 2. The van der Waals surface area contributed by atoms with Gasteiger partial charge in [-0.25, -0.2) is 9.37 Å². The summed E-state index contributed by atoms with van der Waals surface area (Å²) in [4.78, 5) is 22.1. The van der Waals surface area contributed by atoms with Crippen molar-refractivity contribution in [3.05, 3.63) is 63.1 Å². The summed E-state index contributed by atoms with van der Waals surface area (Å²) in [7, 11) is 0. The van der Waals surface area contributed by atoms with Gasteiger partial charge in [0, 0.05) is 37.5 Å². The van der Waals surface area contributed by atoms with E-state index in [9.17, 15) is 9.18 Å². The Balaban J connectivity index is 1.76. The third-order valence-electron chi connectivity index (χ3n) is 4.33. The summed E-state index contributed by atoms with van der Waals surface area (Å²) in [5.41, 5.74) is 2.83. The zero-order valence-electron chi connectivity index (χ0n) is 13.6. The molecular weight excluding hydrogens is 293 g/mol. The first-order valence-electron chi connectivity index (χ1n) is 8.11. The van der Waals surface area contributed by atoms with Crippen LogP contribution in [0.4, 0.5) is 4.39 Å². The molecule has 5 heteroatoms. The molecule has 0 spiro atoms. The van der Waals surface area contributed by atoms with Gasteiger partial charge in [0.15, 0.2) is 0 Å². The molecule has 0 unspecified atom stereocenters. The van der Waals surface area contributed by atoms with E-state index in [4.69, 9.17) is 0 Å². The number of nitrogens with one attached hydrogen (secondary N) is 1. The second-order valence-corrected chi connectivity index (χ2v) is 6.43. The van der Waals surface area contributed by atoms with Crippen LogP contribution in [0.1, 0.15) is 42.4 Å². The molecule has 0 aliphatic carbocycles. The molecule has 0 radical (unpaired) electrons. The molecule has 2 aromatic rings. The number of fused-ring (bicyclic) bond motifs is 1. The fourth-order valence-corrected chi connectivity index (χ4v) is 2.95. The van der Waals surface area contributed by atoms with Gasteiger partial charge in [0.2, 0.25) is 0 Å². The quantitative estimate of drug-likeness (QED) is 0.947. The van der Waals surface area contributed by atoms with Crippen molar-refractivity contribution in [2.24, 2.45) is 0 Å². The fourth-order valence-electron chi connectivity index (χ4n) is 2.95. The average molecular weight is 315 g/mol. The highest BCUT2D eigenvalue weighted by Crippen LogP contribution is 2.16. The lowest BCUT2D eigenvalue weighted by molar-refractivity contribution is 0.278. The van der Waals surface area contributed by atoms with E-state index in [-0.39, 0.29) is 17.3 Å². The molecule has 0 saturated heterocycles. The Labute approximate surface area is 135 Å². The van der Waals surface area contributed by atoms with Crippen molar-refractivity contribution in [1.29, 1.82) is 0 Å². The van der Waals surface area contributed by atoms with Crippen molar-refractivity contribution in [1.82, 2.24) is 14.9 Å². The normalized spacial score (nSPS) is 15.5. The van der Waals surface area contributed by atoms with Crippen molar-refractivity contribution < 1.29 is 4.39 Å². The second-order valence-electron chi connectivity index (χ2n) is 6.43. The van der Waals surface area contributed by atoms with Gasteiger partial charge in [-0.05, 0) is 24.1 Å². The summed E-state index contributed by atoms with van der Waals surface area (Å²) in [6, 6.07) is 6.61. The minimum absolute atomic E-state index is 0.00216. The number of H-pyrrole nitrogens is 1. The number of benzene rings is 1. The monoisotopic (exact) mass is 315 g/mol. The third-order valence-corrected chi connectivity index (χ3v) is 4.33. The van der Waals surface area contributed by atoms with E-state index < -0.39 is 0 Å². The molecule has 122 valence electrons. The number of aromatic amines is 1. The Morgan fingerprint density at radius 2 is 1.91 bits per heavy atom. The summed E-state index contributed by atoms with van der Waals surface area (Å²) in [6.07, 6.45) is 1.48. The van der Waals surface area contributed by atoms with Crippen LogP contribution in [0.25, 0.3) is 0 Å². The minimum Gasteiger partial charge on any atom is -0.310 e. The summed E-state index contributed by atoms with van der Waals surface area (Å²) in [5, 5.41) is 0. The van der Waals surface area contributed by atoms with Crippen LogP contribution in [-0.2, 0) is 19.4 Å². The molecule has 1 aromatic heterocycles. The SMILES string of the molecule is CC(C)c1nc2c(c(=O)[nH]1)CCN(Cc1ccc(F)cc1)CC2. The van der Waals surface area contributed by atoms with Gasteiger partial charge in [-0.1, -0.05) is 26.0 Å². The number of nitrogens with zero attached hydrogens (tertiary/aromatic N) is 2. The molecule has 1 aromatic carbocycles. The van der Waals surface area contributed by atoms with Gasteiger partial charge in [0.05, 0.1) is 5.69 Å². The van der Waals surface area contributed by atoms with Crippen LogP contribution >= 0.6 is 0 Å². The van der Waals surface area contributed by atoms with Crippen LogP contribution in [0.2, 0.25) is 0 Å². The Bertz CT molecular complexity index is 737. The van der Waals surface area contributed by atoms with Gasteiger partial charge in [-0.3, -0.25) is 9.69 Å².